The van der Waals surface area contributed by atoms with Crippen LogP contribution in [0.3, 0.4) is 0 Å². The lowest BCUT2D eigenvalue weighted by Gasteiger charge is -2.23. The fourth-order valence-electron chi connectivity index (χ4n) is 2.68. The van der Waals surface area contributed by atoms with Gasteiger partial charge in [-0.15, -0.1) is 0 Å². The molecule has 0 aliphatic heterocycles. The normalized spacial score (nSPS) is 23.6. The molecular formula is C16H24N2O2. The van der Waals surface area contributed by atoms with Gasteiger partial charge in [-0.2, -0.15) is 0 Å². The second kappa shape index (κ2) is 6.86. The minimum Gasteiger partial charge on any atom is -0.380 e. The summed E-state index contributed by atoms with van der Waals surface area (Å²) in [7, 11) is 1.74. The van der Waals surface area contributed by atoms with Gasteiger partial charge in [0, 0.05) is 18.8 Å². The molecule has 0 heterocycles. The number of ether oxygens (including phenoxy) is 1. The van der Waals surface area contributed by atoms with Gasteiger partial charge in [0.2, 0.25) is 5.91 Å². The van der Waals surface area contributed by atoms with Crippen molar-refractivity contribution >= 4 is 11.6 Å². The first kappa shape index (κ1) is 15.0. The minimum absolute atomic E-state index is 0.00407. The van der Waals surface area contributed by atoms with E-state index in [9.17, 15) is 4.79 Å². The highest BCUT2D eigenvalue weighted by atomic mass is 16.5. The lowest BCUT2D eigenvalue weighted by Crippen LogP contribution is -2.47. The lowest BCUT2D eigenvalue weighted by atomic mass is 10.1. The van der Waals surface area contributed by atoms with Crippen molar-refractivity contribution in [2.75, 3.05) is 12.4 Å². The van der Waals surface area contributed by atoms with Gasteiger partial charge in [0.25, 0.3) is 0 Å². The van der Waals surface area contributed by atoms with Crippen LogP contribution in [0.5, 0.6) is 0 Å². The topological polar surface area (TPSA) is 50.4 Å². The van der Waals surface area contributed by atoms with Crippen LogP contribution in [0.2, 0.25) is 0 Å². The van der Waals surface area contributed by atoms with Crippen LogP contribution >= 0.6 is 0 Å². The van der Waals surface area contributed by atoms with Crippen LogP contribution in [-0.4, -0.2) is 31.2 Å². The number of amides is 1. The third kappa shape index (κ3) is 3.81. The molecule has 0 bridgehead atoms. The monoisotopic (exact) mass is 276 g/mol. The maximum absolute atomic E-state index is 12.2. The molecular weight excluding hydrogens is 252 g/mol. The van der Waals surface area contributed by atoms with Crippen molar-refractivity contribution in [3.8, 4) is 0 Å². The van der Waals surface area contributed by atoms with E-state index in [0.29, 0.717) is 0 Å². The highest BCUT2D eigenvalue weighted by Gasteiger charge is 2.29. The number of carbonyl (C=O) groups is 1. The first-order valence-corrected chi connectivity index (χ1v) is 7.26. The van der Waals surface area contributed by atoms with Crippen molar-refractivity contribution < 1.29 is 9.53 Å². The molecule has 3 atom stereocenters. The van der Waals surface area contributed by atoms with Gasteiger partial charge in [-0.1, -0.05) is 17.7 Å². The largest absolute Gasteiger partial charge is 0.380 e. The molecule has 0 spiro atoms. The Bertz CT molecular complexity index is 444. The Morgan fingerprint density at radius 3 is 2.65 bits per heavy atom. The number of carbonyl (C=O) groups excluding carboxylic acids is 1. The molecule has 1 aromatic rings. The molecule has 2 N–H and O–H groups in total. The average Bonchev–Trinajstić information content (AvgIpc) is 2.88. The minimum atomic E-state index is -0.225. The quantitative estimate of drug-likeness (QED) is 0.868. The first-order valence-electron chi connectivity index (χ1n) is 7.26. The average molecular weight is 276 g/mol. The summed E-state index contributed by atoms with van der Waals surface area (Å²) in [4.78, 5) is 12.2. The Labute approximate surface area is 120 Å². The predicted octanol–water partition coefficient (Wildman–Crippen LogP) is 2.48. The van der Waals surface area contributed by atoms with Crippen LogP contribution < -0.4 is 10.6 Å². The summed E-state index contributed by atoms with van der Waals surface area (Å²) in [6.07, 6.45) is 3.52. The van der Waals surface area contributed by atoms with E-state index in [-0.39, 0.29) is 24.1 Å². The Balaban J connectivity index is 1.87. The lowest BCUT2D eigenvalue weighted by molar-refractivity contribution is -0.118. The molecule has 0 saturated heterocycles. The molecule has 1 saturated carbocycles. The molecule has 3 unspecified atom stereocenters. The van der Waals surface area contributed by atoms with Gasteiger partial charge in [-0.25, -0.2) is 0 Å². The smallest absolute Gasteiger partial charge is 0.241 e. The predicted molar refractivity (Wildman–Crippen MR) is 80.8 cm³/mol. The molecule has 1 fully saturated rings. The van der Waals surface area contributed by atoms with Gasteiger partial charge in [-0.05, 0) is 45.2 Å². The highest BCUT2D eigenvalue weighted by Crippen LogP contribution is 2.22. The Kier molecular flexibility index (Phi) is 5.15. The SMILES string of the molecule is COC1CCCC1NC(C)C(=O)Nc1ccc(C)cc1. The molecule has 1 aliphatic carbocycles. The van der Waals surface area contributed by atoms with E-state index in [2.05, 4.69) is 10.6 Å². The van der Waals surface area contributed by atoms with Gasteiger partial charge in [-0.3, -0.25) is 4.79 Å². The first-order chi connectivity index (χ1) is 9.60. The number of hydrogen-bond acceptors (Lipinski definition) is 3. The van der Waals surface area contributed by atoms with Crippen LogP contribution in [0.1, 0.15) is 31.7 Å². The summed E-state index contributed by atoms with van der Waals surface area (Å²) >= 11 is 0. The van der Waals surface area contributed by atoms with Crippen LogP contribution in [0.15, 0.2) is 24.3 Å². The van der Waals surface area contributed by atoms with Crippen molar-refractivity contribution in [2.24, 2.45) is 0 Å². The maximum Gasteiger partial charge on any atom is 0.241 e. The molecule has 1 aromatic carbocycles. The molecule has 20 heavy (non-hydrogen) atoms. The number of anilines is 1. The van der Waals surface area contributed by atoms with E-state index in [0.717, 1.165) is 24.9 Å². The van der Waals surface area contributed by atoms with Gasteiger partial charge in [0.05, 0.1) is 12.1 Å². The molecule has 4 nitrogen and oxygen atoms in total. The molecule has 1 amide bonds. The van der Waals surface area contributed by atoms with Crippen molar-refractivity contribution in [2.45, 2.75) is 51.3 Å². The number of methoxy groups -OCH3 is 1. The maximum atomic E-state index is 12.2. The van der Waals surface area contributed by atoms with Crippen LogP contribution in [-0.2, 0) is 9.53 Å². The molecule has 2 rings (SSSR count). The fraction of sp³-hybridized carbons (Fsp3) is 0.562. The van der Waals surface area contributed by atoms with Crippen LogP contribution in [0, 0.1) is 6.92 Å². The Morgan fingerprint density at radius 2 is 2.00 bits per heavy atom. The number of rotatable bonds is 5. The van der Waals surface area contributed by atoms with E-state index in [1.165, 1.54) is 5.56 Å². The molecule has 110 valence electrons. The summed E-state index contributed by atoms with van der Waals surface area (Å²) in [6, 6.07) is 7.88. The van der Waals surface area contributed by atoms with E-state index in [1.807, 2.05) is 38.1 Å². The summed E-state index contributed by atoms with van der Waals surface area (Å²) in [5.74, 6) is -0.00407. The van der Waals surface area contributed by atoms with Crippen molar-refractivity contribution in [1.82, 2.24) is 5.32 Å². The summed E-state index contributed by atoms with van der Waals surface area (Å²) in [5.41, 5.74) is 2.02. The standard InChI is InChI=1S/C16H24N2O2/c1-11-7-9-13(10-8-11)18-16(19)12(2)17-14-5-4-6-15(14)20-3/h7-10,12,14-15,17H,4-6H2,1-3H3,(H,18,19). The van der Waals surface area contributed by atoms with E-state index < -0.39 is 0 Å². The van der Waals surface area contributed by atoms with Gasteiger partial charge < -0.3 is 15.4 Å². The van der Waals surface area contributed by atoms with Gasteiger partial charge in [0.15, 0.2) is 0 Å². The number of hydrogen-bond donors (Lipinski definition) is 2. The Morgan fingerprint density at radius 1 is 1.30 bits per heavy atom. The molecule has 4 heteroatoms. The third-order valence-corrected chi connectivity index (χ3v) is 3.93. The van der Waals surface area contributed by atoms with E-state index in [4.69, 9.17) is 4.74 Å². The zero-order valence-corrected chi connectivity index (χ0v) is 12.5. The van der Waals surface area contributed by atoms with E-state index in [1.54, 1.807) is 7.11 Å². The fourth-order valence-corrected chi connectivity index (χ4v) is 2.68. The van der Waals surface area contributed by atoms with Crippen molar-refractivity contribution in [1.29, 1.82) is 0 Å². The molecule has 0 aromatic heterocycles. The van der Waals surface area contributed by atoms with Gasteiger partial charge >= 0.3 is 0 Å². The van der Waals surface area contributed by atoms with Crippen molar-refractivity contribution in [3.63, 3.8) is 0 Å². The zero-order chi connectivity index (χ0) is 14.5. The van der Waals surface area contributed by atoms with Crippen LogP contribution in [0.25, 0.3) is 0 Å². The zero-order valence-electron chi connectivity index (χ0n) is 12.5. The third-order valence-electron chi connectivity index (χ3n) is 3.93. The summed E-state index contributed by atoms with van der Waals surface area (Å²) in [6.45, 7) is 3.93. The number of benzene rings is 1. The molecule has 0 radical (unpaired) electrons. The number of nitrogens with one attached hydrogen (secondary N) is 2. The van der Waals surface area contributed by atoms with Crippen LogP contribution in [0.4, 0.5) is 5.69 Å². The number of aryl methyl sites for hydroxylation is 1. The van der Waals surface area contributed by atoms with Gasteiger partial charge in [0.1, 0.15) is 0 Å². The second-order valence-electron chi connectivity index (χ2n) is 5.56. The highest BCUT2D eigenvalue weighted by molar-refractivity contribution is 5.94. The van der Waals surface area contributed by atoms with Crippen molar-refractivity contribution in [3.05, 3.63) is 29.8 Å². The second-order valence-corrected chi connectivity index (χ2v) is 5.56. The Hall–Kier alpha value is -1.39. The summed E-state index contributed by atoms with van der Waals surface area (Å²) < 4.78 is 5.44. The van der Waals surface area contributed by atoms with E-state index >= 15 is 0 Å². The molecule has 1 aliphatic rings. The summed E-state index contributed by atoms with van der Waals surface area (Å²) in [5, 5.41) is 6.31.